The molecule has 1 atom stereocenters. The van der Waals surface area contributed by atoms with E-state index >= 15 is 0 Å². The number of para-hydroxylation sites is 1. The maximum absolute atomic E-state index is 13.0. The lowest BCUT2D eigenvalue weighted by atomic mass is 10.0. The highest BCUT2D eigenvalue weighted by molar-refractivity contribution is 5.97. The zero-order valence-corrected chi connectivity index (χ0v) is 16.2. The van der Waals surface area contributed by atoms with Crippen LogP contribution in [0.25, 0.3) is 11.4 Å². The van der Waals surface area contributed by atoms with Crippen molar-refractivity contribution in [3.63, 3.8) is 0 Å². The van der Waals surface area contributed by atoms with Gasteiger partial charge in [0.05, 0.1) is 12.6 Å². The number of anilines is 1. The van der Waals surface area contributed by atoms with Gasteiger partial charge in [0.2, 0.25) is 17.6 Å². The normalized spacial score (nSPS) is 17.3. The molecule has 0 aliphatic carbocycles. The Labute approximate surface area is 164 Å². The van der Waals surface area contributed by atoms with Gasteiger partial charge >= 0.3 is 0 Å². The molecule has 6 heteroatoms. The molecule has 3 aromatic rings. The largest absolute Gasteiger partial charge is 0.338 e. The summed E-state index contributed by atoms with van der Waals surface area (Å²) in [4.78, 5) is 21.4. The van der Waals surface area contributed by atoms with Crippen LogP contribution in [0.1, 0.15) is 24.3 Å². The zero-order valence-electron chi connectivity index (χ0n) is 16.2. The number of hydrogen-bond donors (Lipinski definition) is 0. The average molecular weight is 376 g/mol. The van der Waals surface area contributed by atoms with E-state index in [4.69, 9.17) is 4.52 Å². The van der Waals surface area contributed by atoms with Gasteiger partial charge in [-0.25, -0.2) is 0 Å². The maximum atomic E-state index is 13.0. The Morgan fingerprint density at radius 1 is 1.18 bits per heavy atom. The number of aromatic nitrogens is 2. The molecule has 2 aromatic carbocycles. The van der Waals surface area contributed by atoms with Crippen LogP contribution in [0.2, 0.25) is 0 Å². The van der Waals surface area contributed by atoms with Crippen molar-refractivity contribution in [2.45, 2.75) is 32.4 Å². The fourth-order valence-corrected chi connectivity index (χ4v) is 3.67. The van der Waals surface area contributed by atoms with Crippen molar-refractivity contribution in [2.24, 2.45) is 0 Å². The zero-order chi connectivity index (χ0) is 19.5. The second kappa shape index (κ2) is 7.94. The lowest BCUT2D eigenvalue weighted by Crippen LogP contribution is -2.51. The smallest absolute Gasteiger partial charge is 0.244 e. The van der Waals surface area contributed by atoms with E-state index in [1.165, 1.54) is 0 Å². The van der Waals surface area contributed by atoms with Crippen LogP contribution in [0.15, 0.2) is 59.1 Å². The van der Waals surface area contributed by atoms with Crippen LogP contribution < -0.4 is 4.90 Å². The predicted octanol–water partition coefficient (Wildman–Crippen LogP) is 3.67. The van der Waals surface area contributed by atoms with Crippen molar-refractivity contribution in [3.8, 4) is 11.4 Å². The number of rotatable bonds is 5. The number of likely N-dealkylation sites (N-methyl/N-ethyl adjacent to an activating group) is 1. The van der Waals surface area contributed by atoms with Gasteiger partial charge in [-0.2, -0.15) is 4.98 Å². The first-order valence-corrected chi connectivity index (χ1v) is 9.58. The molecule has 1 saturated heterocycles. The molecule has 1 aliphatic heterocycles. The molecule has 1 aromatic heterocycles. The van der Waals surface area contributed by atoms with Crippen LogP contribution in [0.4, 0.5) is 5.69 Å². The molecule has 0 radical (unpaired) electrons. The summed E-state index contributed by atoms with van der Waals surface area (Å²) in [6.45, 7) is 3.23. The molecule has 1 fully saturated rings. The highest BCUT2D eigenvalue weighted by Gasteiger charge is 2.33. The third kappa shape index (κ3) is 3.82. The summed E-state index contributed by atoms with van der Waals surface area (Å²) in [5.74, 6) is 1.22. The van der Waals surface area contributed by atoms with Crippen molar-refractivity contribution in [3.05, 3.63) is 66.1 Å². The summed E-state index contributed by atoms with van der Waals surface area (Å²) in [5, 5.41) is 4.10. The molecule has 0 spiro atoms. The van der Waals surface area contributed by atoms with Crippen molar-refractivity contribution in [2.75, 3.05) is 18.5 Å². The topological polar surface area (TPSA) is 62.5 Å². The summed E-state index contributed by atoms with van der Waals surface area (Å²) in [6, 6.07) is 17.7. The van der Waals surface area contributed by atoms with E-state index in [0.717, 1.165) is 36.2 Å². The third-order valence-corrected chi connectivity index (χ3v) is 5.14. The van der Waals surface area contributed by atoms with Crippen molar-refractivity contribution >= 4 is 11.6 Å². The molecule has 2 heterocycles. The predicted molar refractivity (Wildman–Crippen MR) is 108 cm³/mol. The molecule has 1 amide bonds. The minimum Gasteiger partial charge on any atom is -0.338 e. The molecule has 0 N–H and O–H groups in total. The molecule has 28 heavy (non-hydrogen) atoms. The van der Waals surface area contributed by atoms with Gasteiger partial charge in [0.25, 0.3) is 0 Å². The number of nitrogens with zero attached hydrogens (tertiary/aromatic N) is 4. The Morgan fingerprint density at radius 2 is 2.00 bits per heavy atom. The Hall–Kier alpha value is -2.99. The standard InChI is InChI=1S/C22H24N4O2/c1-16-8-6-9-17(14-16)21-23-20(28-24-21)15-25(2)19-12-7-13-26(22(19)27)18-10-4-3-5-11-18/h3-6,8-11,14,19H,7,12-13,15H2,1-2H3. The van der Waals surface area contributed by atoms with Crippen LogP contribution in [-0.2, 0) is 11.3 Å². The molecular weight excluding hydrogens is 352 g/mol. The van der Waals surface area contributed by atoms with Gasteiger partial charge in [-0.05, 0) is 45.0 Å². The summed E-state index contributed by atoms with van der Waals surface area (Å²) in [6.07, 6.45) is 1.80. The SMILES string of the molecule is Cc1cccc(-c2noc(CN(C)C3CCCN(c4ccccc4)C3=O)n2)c1. The van der Waals surface area contributed by atoms with Gasteiger partial charge in [-0.15, -0.1) is 0 Å². The van der Waals surface area contributed by atoms with Crippen molar-refractivity contribution in [1.29, 1.82) is 0 Å². The number of carbonyl (C=O) groups is 1. The Balaban J connectivity index is 1.46. The molecule has 0 bridgehead atoms. The maximum Gasteiger partial charge on any atom is 0.244 e. The van der Waals surface area contributed by atoms with E-state index < -0.39 is 0 Å². The summed E-state index contributed by atoms with van der Waals surface area (Å²) < 4.78 is 5.44. The number of piperidine rings is 1. The van der Waals surface area contributed by atoms with Crippen LogP contribution >= 0.6 is 0 Å². The first-order chi connectivity index (χ1) is 13.6. The van der Waals surface area contributed by atoms with Gasteiger partial charge in [-0.1, -0.05) is 47.1 Å². The number of benzene rings is 2. The molecular formula is C22H24N4O2. The molecule has 1 unspecified atom stereocenters. The summed E-state index contributed by atoms with van der Waals surface area (Å²) in [7, 11) is 1.94. The lowest BCUT2D eigenvalue weighted by Gasteiger charge is -2.36. The molecule has 4 rings (SSSR count). The Morgan fingerprint density at radius 3 is 2.79 bits per heavy atom. The van der Waals surface area contributed by atoms with E-state index in [2.05, 4.69) is 10.1 Å². The lowest BCUT2D eigenvalue weighted by molar-refractivity contribution is -0.125. The first kappa shape index (κ1) is 18.4. The molecule has 0 saturated carbocycles. The van der Waals surface area contributed by atoms with E-state index in [9.17, 15) is 4.79 Å². The van der Waals surface area contributed by atoms with Gasteiger partial charge in [0, 0.05) is 17.8 Å². The second-order valence-electron chi connectivity index (χ2n) is 7.28. The van der Waals surface area contributed by atoms with Crippen LogP contribution in [0.3, 0.4) is 0 Å². The second-order valence-corrected chi connectivity index (χ2v) is 7.28. The summed E-state index contributed by atoms with van der Waals surface area (Å²) >= 11 is 0. The Kier molecular flexibility index (Phi) is 5.21. The first-order valence-electron chi connectivity index (χ1n) is 9.58. The van der Waals surface area contributed by atoms with E-state index in [0.29, 0.717) is 18.3 Å². The minimum atomic E-state index is -0.191. The number of amides is 1. The summed E-state index contributed by atoms with van der Waals surface area (Å²) in [5.41, 5.74) is 3.03. The van der Waals surface area contributed by atoms with E-state index in [1.54, 1.807) is 0 Å². The van der Waals surface area contributed by atoms with E-state index in [-0.39, 0.29) is 11.9 Å². The average Bonchev–Trinajstić information content (AvgIpc) is 3.17. The van der Waals surface area contributed by atoms with Crippen molar-refractivity contribution in [1.82, 2.24) is 15.0 Å². The van der Waals surface area contributed by atoms with Crippen molar-refractivity contribution < 1.29 is 9.32 Å². The fourth-order valence-electron chi connectivity index (χ4n) is 3.67. The molecule has 6 nitrogen and oxygen atoms in total. The highest BCUT2D eigenvalue weighted by Crippen LogP contribution is 2.24. The molecule has 144 valence electrons. The van der Waals surface area contributed by atoms with E-state index in [1.807, 2.05) is 78.4 Å². The minimum absolute atomic E-state index is 0.123. The quantitative estimate of drug-likeness (QED) is 0.680. The molecule has 1 aliphatic rings. The monoisotopic (exact) mass is 376 g/mol. The van der Waals surface area contributed by atoms with Gasteiger partial charge in [0.15, 0.2) is 0 Å². The highest BCUT2D eigenvalue weighted by atomic mass is 16.5. The van der Waals surface area contributed by atoms with Crippen LogP contribution in [0, 0.1) is 6.92 Å². The van der Waals surface area contributed by atoms with Gasteiger partial charge in [-0.3, -0.25) is 9.69 Å². The number of carbonyl (C=O) groups excluding carboxylic acids is 1. The Bertz CT molecular complexity index is 954. The number of hydrogen-bond acceptors (Lipinski definition) is 5. The van der Waals surface area contributed by atoms with Crippen LogP contribution in [-0.4, -0.2) is 40.6 Å². The van der Waals surface area contributed by atoms with Gasteiger partial charge in [0.1, 0.15) is 0 Å². The van der Waals surface area contributed by atoms with Gasteiger partial charge < -0.3 is 9.42 Å². The van der Waals surface area contributed by atoms with Crippen LogP contribution in [0.5, 0.6) is 0 Å². The number of aryl methyl sites for hydroxylation is 1. The third-order valence-electron chi connectivity index (χ3n) is 5.14. The fraction of sp³-hybridized carbons (Fsp3) is 0.318.